The number of nitrogens with two attached hydrogens (primary N) is 1. The van der Waals surface area contributed by atoms with Crippen LogP contribution in [0.1, 0.15) is 0 Å². The summed E-state index contributed by atoms with van der Waals surface area (Å²) in [4.78, 5) is 4.97. The van der Waals surface area contributed by atoms with Gasteiger partial charge in [-0.2, -0.15) is 0 Å². The maximum atomic E-state index is 11.5. The molecule has 1 aliphatic heterocycles. The van der Waals surface area contributed by atoms with Crippen LogP contribution in [0.4, 0.5) is 17.1 Å². The zero-order valence-electron chi connectivity index (χ0n) is 13.1. The third-order valence-corrected chi connectivity index (χ3v) is 5.30. The van der Waals surface area contributed by atoms with Crippen LogP contribution >= 0.6 is 0 Å². The Labute approximate surface area is 137 Å². The van der Waals surface area contributed by atoms with E-state index in [0.717, 1.165) is 37.6 Å². The van der Waals surface area contributed by atoms with E-state index in [1.54, 1.807) is 12.1 Å². The van der Waals surface area contributed by atoms with Gasteiger partial charge in [0.05, 0.1) is 4.90 Å². The van der Waals surface area contributed by atoms with Crippen molar-refractivity contribution in [1.82, 2.24) is 0 Å². The molecule has 2 N–H and O–H groups in total. The maximum Gasteiger partial charge on any atom is 0.175 e. The third kappa shape index (κ3) is 3.59. The zero-order chi connectivity index (χ0) is 16.4. The predicted octanol–water partition coefficient (Wildman–Crippen LogP) is 2.00. The van der Waals surface area contributed by atoms with Crippen molar-refractivity contribution in [2.75, 3.05) is 48.0 Å². The Kier molecular flexibility index (Phi) is 4.17. The molecule has 3 rings (SSSR count). The standard InChI is InChI=1S/C17H21N3O2S/c1-23(21,22)17-8-6-16(7-9-17)20-12-10-19(11-13-20)15-4-2-14(18)3-5-15/h2-9H,10-13,18H2,1H3. The Morgan fingerprint density at radius 1 is 0.783 bits per heavy atom. The summed E-state index contributed by atoms with van der Waals surface area (Å²) in [6.45, 7) is 3.67. The van der Waals surface area contributed by atoms with E-state index >= 15 is 0 Å². The molecule has 0 aromatic heterocycles. The number of sulfone groups is 1. The molecule has 0 aliphatic carbocycles. The molecule has 1 saturated heterocycles. The van der Waals surface area contributed by atoms with Gasteiger partial charge < -0.3 is 15.5 Å². The van der Waals surface area contributed by atoms with Crippen LogP contribution in [0.2, 0.25) is 0 Å². The van der Waals surface area contributed by atoms with Gasteiger partial charge >= 0.3 is 0 Å². The maximum absolute atomic E-state index is 11.5. The van der Waals surface area contributed by atoms with Crippen LogP contribution in [0, 0.1) is 0 Å². The van der Waals surface area contributed by atoms with Crippen molar-refractivity contribution in [1.29, 1.82) is 0 Å². The van der Waals surface area contributed by atoms with Gasteiger partial charge in [-0.25, -0.2) is 8.42 Å². The van der Waals surface area contributed by atoms with Crippen molar-refractivity contribution < 1.29 is 8.42 Å². The van der Waals surface area contributed by atoms with Crippen molar-refractivity contribution >= 4 is 26.9 Å². The lowest BCUT2D eigenvalue weighted by Crippen LogP contribution is -2.46. The van der Waals surface area contributed by atoms with Crippen LogP contribution in [-0.2, 0) is 9.84 Å². The first kappa shape index (κ1) is 15.7. The molecule has 0 saturated carbocycles. The van der Waals surface area contributed by atoms with Crippen LogP contribution in [0.25, 0.3) is 0 Å². The Morgan fingerprint density at radius 3 is 1.57 bits per heavy atom. The smallest absolute Gasteiger partial charge is 0.175 e. The molecule has 0 radical (unpaired) electrons. The highest BCUT2D eigenvalue weighted by molar-refractivity contribution is 7.90. The number of hydrogen-bond acceptors (Lipinski definition) is 5. The Balaban J connectivity index is 1.66. The van der Waals surface area contributed by atoms with Gasteiger partial charge in [-0.15, -0.1) is 0 Å². The SMILES string of the molecule is CS(=O)(=O)c1ccc(N2CCN(c3ccc(N)cc3)CC2)cc1. The number of rotatable bonds is 3. The van der Waals surface area contributed by atoms with Gasteiger partial charge in [0.1, 0.15) is 0 Å². The number of nitrogens with zero attached hydrogens (tertiary/aromatic N) is 2. The number of benzene rings is 2. The van der Waals surface area contributed by atoms with Crippen LogP contribution in [0.3, 0.4) is 0 Å². The molecule has 5 nitrogen and oxygen atoms in total. The van der Waals surface area contributed by atoms with E-state index in [-0.39, 0.29) is 0 Å². The van der Waals surface area contributed by atoms with E-state index in [1.807, 2.05) is 36.4 Å². The lowest BCUT2D eigenvalue weighted by molar-refractivity contribution is 0.602. The van der Waals surface area contributed by atoms with Gasteiger partial charge in [0.25, 0.3) is 0 Å². The second kappa shape index (κ2) is 6.12. The van der Waals surface area contributed by atoms with Gasteiger partial charge in [-0.1, -0.05) is 0 Å². The lowest BCUT2D eigenvalue weighted by atomic mass is 10.2. The highest BCUT2D eigenvalue weighted by Gasteiger charge is 2.18. The topological polar surface area (TPSA) is 66.6 Å². The summed E-state index contributed by atoms with van der Waals surface area (Å²) < 4.78 is 23.0. The van der Waals surface area contributed by atoms with Crippen LogP contribution in [0.15, 0.2) is 53.4 Å². The largest absolute Gasteiger partial charge is 0.399 e. The molecule has 23 heavy (non-hydrogen) atoms. The van der Waals surface area contributed by atoms with Gasteiger partial charge in [-0.3, -0.25) is 0 Å². The fourth-order valence-electron chi connectivity index (χ4n) is 2.81. The number of nitrogen functional groups attached to an aromatic ring is 1. The fourth-order valence-corrected chi connectivity index (χ4v) is 3.44. The van der Waals surface area contributed by atoms with Gasteiger partial charge in [0, 0.05) is 49.5 Å². The molecule has 0 spiro atoms. The van der Waals surface area contributed by atoms with Gasteiger partial charge in [0.2, 0.25) is 0 Å². The molecule has 0 amide bonds. The van der Waals surface area contributed by atoms with Crippen molar-refractivity contribution in [3.8, 4) is 0 Å². The number of piperazine rings is 1. The highest BCUT2D eigenvalue weighted by atomic mass is 32.2. The van der Waals surface area contributed by atoms with E-state index in [4.69, 9.17) is 5.73 Å². The molecule has 1 heterocycles. The number of hydrogen-bond donors (Lipinski definition) is 1. The summed E-state index contributed by atoms with van der Waals surface area (Å²) in [5.41, 5.74) is 8.75. The highest BCUT2D eigenvalue weighted by Crippen LogP contribution is 2.22. The van der Waals surface area contributed by atoms with Crippen molar-refractivity contribution in [2.45, 2.75) is 4.90 Å². The van der Waals surface area contributed by atoms with Crippen LogP contribution in [0.5, 0.6) is 0 Å². The lowest BCUT2D eigenvalue weighted by Gasteiger charge is -2.37. The van der Waals surface area contributed by atoms with Crippen molar-refractivity contribution in [2.24, 2.45) is 0 Å². The second-order valence-electron chi connectivity index (χ2n) is 5.83. The Hall–Kier alpha value is -2.21. The van der Waals surface area contributed by atoms with Crippen LogP contribution in [-0.4, -0.2) is 40.9 Å². The quantitative estimate of drug-likeness (QED) is 0.872. The van der Waals surface area contributed by atoms with E-state index in [9.17, 15) is 8.42 Å². The van der Waals surface area contributed by atoms with Crippen molar-refractivity contribution in [3.05, 3.63) is 48.5 Å². The molecule has 122 valence electrons. The predicted molar refractivity (Wildman–Crippen MR) is 94.8 cm³/mol. The van der Waals surface area contributed by atoms with E-state index in [2.05, 4.69) is 9.80 Å². The van der Waals surface area contributed by atoms with Crippen LogP contribution < -0.4 is 15.5 Å². The van der Waals surface area contributed by atoms with E-state index in [0.29, 0.717) is 4.90 Å². The third-order valence-electron chi connectivity index (χ3n) is 4.17. The van der Waals surface area contributed by atoms with E-state index < -0.39 is 9.84 Å². The Bertz CT molecular complexity index is 762. The molecular formula is C17H21N3O2S. The molecule has 0 bridgehead atoms. The normalized spacial score (nSPS) is 15.7. The minimum atomic E-state index is -3.14. The average Bonchev–Trinajstić information content (AvgIpc) is 2.55. The molecule has 2 aromatic carbocycles. The molecule has 2 aromatic rings. The number of anilines is 3. The van der Waals surface area contributed by atoms with Gasteiger partial charge in [0.15, 0.2) is 9.84 Å². The summed E-state index contributed by atoms with van der Waals surface area (Å²) in [6.07, 6.45) is 1.23. The molecule has 1 aliphatic rings. The molecule has 6 heteroatoms. The monoisotopic (exact) mass is 331 g/mol. The zero-order valence-corrected chi connectivity index (χ0v) is 14.0. The fraction of sp³-hybridized carbons (Fsp3) is 0.294. The van der Waals surface area contributed by atoms with E-state index in [1.165, 1.54) is 11.9 Å². The molecule has 1 fully saturated rings. The minimum Gasteiger partial charge on any atom is -0.399 e. The first-order valence-corrected chi connectivity index (χ1v) is 9.48. The molecule has 0 unspecified atom stereocenters. The summed E-state index contributed by atoms with van der Waals surface area (Å²) in [5, 5.41) is 0. The summed E-state index contributed by atoms with van der Waals surface area (Å²) in [5.74, 6) is 0. The second-order valence-corrected chi connectivity index (χ2v) is 7.85. The first-order chi connectivity index (χ1) is 10.9. The summed E-state index contributed by atoms with van der Waals surface area (Å²) in [7, 11) is -3.14. The van der Waals surface area contributed by atoms with Gasteiger partial charge in [-0.05, 0) is 48.5 Å². The summed E-state index contributed by atoms with van der Waals surface area (Å²) in [6, 6.07) is 15.1. The molecule has 0 atom stereocenters. The minimum absolute atomic E-state index is 0.363. The Morgan fingerprint density at radius 2 is 1.17 bits per heavy atom. The molecular weight excluding hydrogens is 310 g/mol. The first-order valence-electron chi connectivity index (χ1n) is 7.59. The summed E-state index contributed by atoms with van der Waals surface area (Å²) >= 11 is 0. The average molecular weight is 331 g/mol. The van der Waals surface area contributed by atoms with Crippen molar-refractivity contribution in [3.63, 3.8) is 0 Å².